The summed E-state index contributed by atoms with van der Waals surface area (Å²) in [5, 5.41) is 3.36. The topological polar surface area (TPSA) is 70.5 Å². The summed E-state index contributed by atoms with van der Waals surface area (Å²) in [5.74, 6) is 0. The molecule has 1 aliphatic rings. The molecule has 0 radical (unpaired) electrons. The van der Waals surface area contributed by atoms with E-state index in [-0.39, 0.29) is 0 Å². The van der Waals surface area contributed by atoms with Crippen LogP contribution >= 0.6 is 0 Å². The van der Waals surface area contributed by atoms with Crippen LogP contribution < -0.4 is 16.8 Å². The van der Waals surface area contributed by atoms with E-state index in [9.17, 15) is 0 Å². The van der Waals surface area contributed by atoms with Crippen molar-refractivity contribution < 1.29 is 0 Å². The fraction of sp³-hybridized carbons (Fsp3) is 1.00. The van der Waals surface area contributed by atoms with Crippen molar-refractivity contribution in [1.82, 2.24) is 15.1 Å². The van der Waals surface area contributed by atoms with Gasteiger partial charge in [-0.25, -0.2) is 0 Å². The van der Waals surface area contributed by atoms with E-state index in [0.29, 0.717) is 19.3 Å². The Bertz CT molecular complexity index is 152. The van der Waals surface area contributed by atoms with Gasteiger partial charge in [0.25, 0.3) is 0 Å². The minimum atomic E-state index is 0.458. The maximum absolute atomic E-state index is 5.61. The van der Waals surface area contributed by atoms with Gasteiger partial charge in [0.15, 0.2) is 0 Å². The Kier molecular flexibility index (Phi) is 6.12. The lowest BCUT2D eigenvalue weighted by molar-refractivity contribution is 0.0499. The molecular weight excluding hydrogens is 190 g/mol. The van der Waals surface area contributed by atoms with E-state index in [2.05, 4.69) is 22.0 Å². The molecule has 5 nitrogen and oxygen atoms in total. The van der Waals surface area contributed by atoms with Crippen molar-refractivity contribution in [2.45, 2.75) is 13.1 Å². The second-order valence-electron chi connectivity index (χ2n) is 4.03. The van der Waals surface area contributed by atoms with Crippen molar-refractivity contribution in [2.75, 3.05) is 52.4 Å². The van der Waals surface area contributed by atoms with Crippen molar-refractivity contribution >= 4 is 0 Å². The largest absolute Gasteiger partial charge is 0.329 e. The molecular formula is C10H25N5. The third-order valence-electron chi connectivity index (χ3n) is 3.04. The second kappa shape index (κ2) is 7.14. The van der Waals surface area contributed by atoms with Gasteiger partial charge in [-0.1, -0.05) is 0 Å². The van der Waals surface area contributed by atoms with Gasteiger partial charge in [-0.05, 0) is 6.92 Å². The Morgan fingerprint density at radius 2 is 1.73 bits per heavy atom. The van der Waals surface area contributed by atoms with Gasteiger partial charge in [-0.2, -0.15) is 0 Å². The summed E-state index contributed by atoms with van der Waals surface area (Å²) in [6.07, 6.45) is 0.458. The molecule has 1 unspecified atom stereocenters. The van der Waals surface area contributed by atoms with Crippen molar-refractivity contribution in [3.8, 4) is 0 Å². The molecule has 0 saturated carbocycles. The highest BCUT2D eigenvalue weighted by atomic mass is 15.4. The van der Waals surface area contributed by atoms with E-state index in [1.165, 1.54) is 0 Å². The number of hydrogen-bond acceptors (Lipinski definition) is 5. The van der Waals surface area contributed by atoms with Crippen LogP contribution in [0.15, 0.2) is 0 Å². The SMILES string of the molecule is CC(N(CCN)CCN)N1CCNCC1. The molecule has 1 saturated heterocycles. The van der Waals surface area contributed by atoms with E-state index >= 15 is 0 Å². The number of nitrogens with two attached hydrogens (primary N) is 2. The zero-order chi connectivity index (χ0) is 11.1. The molecule has 90 valence electrons. The normalized spacial score (nSPS) is 20.8. The van der Waals surface area contributed by atoms with E-state index in [0.717, 1.165) is 39.3 Å². The van der Waals surface area contributed by atoms with Crippen LogP contribution in [0.3, 0.4) is 0 Å². The first-order valence-corrected chi connectivity index (χ1v) is 5.88. The van der Waals surface area contributed by atoms with Gasteiger partial charge >= 0.3 is 0 Å². The summed E-state index contributed by atoms with van der Waals surface area (Å²) in [5.41, 5.74) is 11.2. The Hall–Kier alpha value is -0.200. The van der Waals surface area contributed by atoms with Crippen LogP contribution in [0.5, 0.6) is 0 Å². The Balaban J connectivity index is 2.41. The van der Waals surface area contributed by atoms with Crippen LogP contribution in [-0.2, 0) is 0 Å². The number of nitrogens with one attached hydrogen (secondary N) is 1. The molecule has 0 aromatic rings. The highest BCUT2D eigenvalue weighted by molar-refractivity contribution is 4.75. The average molecular weight is 215 g/mol. The zero-order valence-corrected chi connectivity index (χ0v) is 9.78. The number of nitrogens with zero attached hydrogens (tertiary/aromatic N) is 2. The maximum Gasteiger partial charge on any atom is 0.0595 e. The van der Waals surface area contributed by atoms with Crippen LogP contribution in [0.4, 0.5) is 0 Å². The molecule has 1 fully saturated rings. The summed E-state index contributed by atoms with van der Waals surface area (Å²) >= 11 is 0. The van der Waals surface area contributed by atoms with Crippen molar-refractivity contribution in [1.29, 1.82) is 0 Å². The summed E-state index contributed by atoms with van der Waals surface area (Å²) in [6, 6.07) is 0. The summed E-state index contributed by atoms with van der Waals surface area (Å²) < 4.78 is 0. The van der Waals surface area contributed by atoms with Crippen LogP contribution in [0.25, 0.3) is 0 Å². The van der Waals surface area contributed by atoms with Gasteiger partial charge in [0.2, 0.25) is 0 Å². The first-order chi connectivity index (χ1) is 7.29. The summed E-state index contributed by atoms with van der Waals surface area (Å²) in [7, 11) is 0. The molecule has 15 heavy (non-hydrogen) atoms. The molecule has 0 bridgehead atoms. The van der Waals surface area contributed by atoms with E-state index in [4.69, 9.17) is 11.5 Å². The first kappa shape index (κ1) is 12.9. The van der Waals surface area contributed by atoms with E-state index < -0.39 is 0 Å². The lowest BCUT2D eigenvalue weighted by Crippen LogP contribution is -2.55. The van der Waals surface area contributed by atoms with Gasteiger partial charge in [0, 0.05) is 52.4 Å². The average Bonchev–Trinajstić information content (AvgIpc) is 2.29. The second-order valence-corrected chi connectivity index (χ2v) is 4.03. The number of hydrogen-bond donors (Lipinski definition) is 3. The van der Waals surface area contributed by atoms with Crippen LogP contribution in [0, 0.1) is 0 Å². The van der Waals surface area contributed by atoms with Gasteiger partial charge in [-0.3, -0.25) is 9.80 Å². The molecule has 0 aromatic heterocycles. The number of piperazine rings is 1. The predicted molar refractivity (Wildman–Crippen MR) is 63.6 cm³/mol. The fourth-order valence-electron chi connectivity index (χ4n) is 2.10. The van der Waals surface area contributed by atoms with Crippen molar-refractivity contribution in [2.24, 2.45) is 11.5 Å². The Morgan fingerprint density at radius 1 is 1.20 bits per heavy atom. The molecule has 1 heterocycles. The molecule has 1 aliphatic heterocycles. The summed E-state index contributed by atoms with van der Waals surface area (Å²) in [4.78, 5) is 4.85. The molecule has 0 aromatic carbocycles. The molecule has 0 amide bonds. The third kappa shape index (κ3) is 4.04. The van der Waals surface area contributed by atoms with Gasteiger partial charge in [-0.15, -0.1) is 0 Å². The fourth-order valence-corrected chi connectivity index (χ4v) is 2.10. The smallest absolute Gasteiger partial charge is 0.0595 e. The highest BCUT2D eigenvalue weighted by Gasteiger charge is 2.21. The van der Waals surface area contributed by atoms with Crippen LogP contribution in [-0.4, -0.2) is 68.3 Å². The monoisotopic (exact) mass is 215 g/mol. The maximum atomic E-state index is 5.61. The minimum Gasteiger partial charge on any atom is -0.329 e. The predicted octanol–water partition coefficient (Wildman–Crippen LogP) is -1.54. The minimum absolute atomic E-state index is 0.458. The zero-order valence-electron chi connectivity index (χ0n) is 9.78. The number of rotatable bonds is 6. The lowest BCUT2D eigenvalue weighted by Gasteiger charge is -2.39. The van der Waals surface area contributed by atoms with Gasteiger partial charge in [0.05, 0.1) is 6.17 Å². The Labute approximate surface area is 92.8 Å². The molecule has 1 atom stereocenters. The molecule has 5 N–H and O–H groups in total. The van der Waals surface area contributed by atoms with E-state index in [1.54, 1.807) is 0 Å². The van der Waals surface area contributed by atoms with E-state index in [1.807, 2.05) is 0 Å². The molecule has 5 heteroatoms. The molecule has 1 rings (SSSR count). The van der Waals surface area contributed by atoms with Crippen molar-refractivity contribution in [3.05, 3.63) is 0 Å². The first-order valence-electron chi connectivity index (χ1n) is 5.88. The lowest BCUT2D eigenvalue weighted by atomic mass is 10.3. The Morgan fingerprint density at radius 3 is 2.20 bits per heavy atom. The highest BCUT2D eigenvalue weighted by Crippen LogP contribution is 2.05. The quantitative estimate of drug-likeness (QED) is 0.501. The third-order valence-corrected chi connectivity index (χ3v) is 3.04. The summed E-state index contributed by atoms with van der Waals surface area (Å²) in [6.45, 7) is 9.93. The van der Waals surface area contributed by atoms with Crippen LogP contribution in [0.2, 0.25) is 0 Å². The van der Waals surface area contributed by atoms with Gasteiger partial charge < -0.3 is 16.8 Å². The molecule has 0 aliphatic carbocycles. The van der Waals surface area contributed by atoms with Gasteiger partial charge in [0.1, 0.15) is 0 Å². The molecule has 0 spiro atoms. The van der Waals surface area contributed by atoms with Crippen molar-refractivity contribution in [3.63, 3.8) is 0 Å². The van der Waals surface area contributed by atoms with Crippen LogP contribution in [0.1, 0.15) is 6.92 Å². The standard InChI is InChI=1S/C10H25N5/c1-10(14(6-2-11)7-3-12)15-8-4-13-5-9-15/h10,13H,2-9,11-12H2,1H3.